The summed E-state index contributed by atoms with van der Waals surface area (Å²) in [4.78, 5) is 18.9. The number of anilines is 1. The molecule has 0 aliphatic heterocycles. The number of carbonyl (C=O) groups is 1. The van der Waals surface area contributed by atoms with Gasteiger partial charge in [0.15, 0.2) is 5.65 Å². The number of thioether (sulfide) groups is 1. The molecule has 6 heteroatoms. The average Bonchev–Trinajstić information content (AvgIpc) is 3.41. The molecule has 0 bridgehead atoms. The van der Waals surface area contributed by atoms with Crippen LogP contribution in [-0.4, -0.2) is 26.9 Å². The Balaban J connectivity index is 1.77. The van der Waals surface area contributed by atoms with Crippen LogP contribution in [-0.2, 0) is 7.05 Å². The van der Waals surface area contributed by atoms with Crippen molar-refractivity contribution < 1.29 is 4.79 Å². The summed E-state index contributed by atoms with van der Waals surface area (Å²) in [6, 6.07) is 9.82. The maximum absolute atomic E-state index is 13.0. The maximum atomic E-state index is 13.0. The van der Waals surface area contributed by atoms with Crippen LogP contribution in [0.15, 0.2) is 35.2 Å². The normalized spacial score (nSPS) is 14.0. The summed E-state index contributed by atoms with van der Waals surface area (Å²) in [6.07, 6.45) is 4.31. The number of pyridine rings is 1. The third-order valence-electron chi connectivity index (χ3n) is 4.56. The number of nitrogens with zero attached hydrogens (tertiary/aromatic N) is 3. The van der Waals surface area contributed by atoms with Gasteiger partial charge in [-0.2, -0.15) is 5.10 Å². The highest BCUT2D eigenvalue weighted by molar-refractivity contribution is 7.98. The molecule has 1 saturated carbocycles. The molecule has 4 rings (SSSR count). The van der Waals surface area contributed by atoms with Crippen molar-refractivity contribution in [2.24, 2.45) is 7.05 Å². The van der Waals surface area contributed by atoms with Gasteiger partial charge >= 0.3 is 0 Å². The summed E-state index contributed by atoms with van der Waals surface area (Å²) in [5, 5.41) is 8.33. The van der Waals surface area contributed by atoms with Gasteiger partial charge in [0.05, 0.1) is 16.6 Å². The smallest absolute Gasteiger partial charge is 0.256 e. The molecular formula is C19H20N4OS. The molecule has 1 aromatic carbocycles. The van der Waals surface area contributed by atoms with Crippen LogP contribution in [0.1, 0.15) is 40.5 Å². The van der Waals surface area contributed by atoms with Crippen molar-refractivity contribution in [2.45, 2.75) is 30.6 Å². The van der Waals surface area contributed by atoms with Crippen molar-refractivity contribution >= 4 is 34.4 Å². The minimum absolute atomic E-state index is 0.108. The maximum Gasteiger partial charge on any atom is 0.256 e. The van der Waals surface area contributed by atoms with Crippen LogP contribution >= 0.6 is 11.8 Å². The molecule has 0 spiro atoms. The predicted molar refractivity (Wildman–Crippen MR) is 101 cm³/mol. The summed E-state index contributed by atoms with van der Waals surface area (Å²) < 4.78 is 1.77. The van der Waals surface area contributed by atoms with Crippen molar-refractivity contribution in [1.29, 1.82) is 0 Å². The highest BCUT2D eigenvalue weighted by atomic mass is 32.2. The van der Waals surface area contributed by atoms with Gasteiger partial charge in [0.2, 0.25) is 0 Å². The number of aromatic nitrogens is 3. The van der Waals surface area contributed by atoms with E-state index in [2.05, 4.69) is 10.4 Å². The number of nitrogens with one attached hydrogen (secondary N) is 1. The van der Waals surface area contributed by atoms with Crippen LogP contribution in [0.5, 0.6) is 0 Å². The number of benzene rings is 1. The van der Waals surface area contributed by atoms with Crippen molar-refractivity contribution in [3.05, 3.63) is 47.3 Å². The molecule has 128 valence electrons. The van der Waals surface area contributed by atoms with Gasteiger partial charge < -0.3 is 5.32 Å². The molecule has 3 aromatic rings. The first-order valence-electron chi connectivity index (χ1n) is 8.36. The number of amides is 1. The van der Waals surface area contributed by atoms with E-state index in [9.17, 15) is 4.79 Å². The van der Waals surface area contributed by atoms with Crippen LogP contribution < -0.4 is 5.32 Å². The number of carbonyl (C=O) groups excluding carboxylic acids is 1. The summed E-state index contributed by atoms with van der Waals surface area (Å²) in [7, 11) is 1.88. The number of hydrogen-bond acceptors (Lipinski definition) is 4. The van der Waals surface area contributed by atoms with E-state index in [0.717, 1.165) is 45.8 Å². The lowest BCUT2D eigenvalue weighted by atomic mass is 10.1. The topological polar surface area (TPSA) is 59.8 Å². The summed E-state index contributed by atoms with van der Waals surface area (Å²) in [6.45, 7) is 1.92. The highest BCUT2D eigenvalue weighted by Gasteiger charge is 2.28. The molecule has 1 fully saturated rings. The molecule has 1 N–H and O–H groups in total. The highest BCUT2D eigenvalue weighted by Crippen LogP contribution is 2.40. The van der Waals surface area contributed by atoms with Crippen LogP contribution in [0.25, 0.3) is 11.0 Å². The lowest BCUT2D eigenvalue weighted by Gasteiger charge is -2.09. The predicted octanol–water partition coefficient (Wildman–Crippen LogP) is 4.13. The Bertz CT molecular complexity index is 975. The Labute approximate surface area is 150 Å². The summed E-state index contributed by atoms with van der Waals surface area (Å²) >= 11 is 1.65. The fourth-order valence-corrected chi connectivity index (χ4v) is 3.59. The first kappa shape index (κ1) is 16.1. The fraction of sp³-hybridized carbons (Fsp3) is 0.316. The van der Waals surface area contributed by atoms with Gasteiger partial charge in [-0.25, -0.2) is 4.98 Å². The molecule has 2 heterocycles. The van der Waals surface area contributed by atoms with Gasteiger partial charge in [-0.1, -0.05) is 6.07 Å². The minimum atomic E-state index is -0.108. The lowest BCUT2D eigenvalue weighted by molar-refractivity contribution is 0.102. The standard InChI is InChI=1S/C19H20N4OS/c1-11-17-15(19(24)20-13-5-4-6-14(9-13)25-3)10-16(12-7-8-12)21-18(17)23(2)22-11/h4-6,9-10,12H,7-8H2,1-3H3,(H,20,24). The van der Waals surface area contributed by atoms with Gasteiger partial charge in [0.25, 0.3) is 5.91 Å². The van der Waals surface area contributed by atoms with Crippen LogP contribution in [0, 0.1) is 6.92 Å². The molecule has 0 saturated heterocycles. The number of aryl methyl sites for hydroxylation is 2. The largest absolute Gasteiger partial charge is 0.322 e. The third kappa shape index (κ3) is 3.02. The Morgan fingerprint density at radius 2 is 2.12 bits per heavy atom. The minimum Gasteiger partial charge on any atom is -0.322 e. The van der Waals surface area contributed by atoms with Crippen LogP contribution in [0.4, 0.5) is 5.69 Å². The Morgan fingerprint density at radius 1 is 1.32 bits per heavy atom. The Hall–Kier alpha value is -2.34. The van der Waals surface area contributed by atoms with Gasteiger partial charge in [-0.3, -0.25) is 9.48 Å². The van der Waals surface area contributed by atoms with E-state index in [1.165, 1.54) is 0 Å². The molecule has 1 aliphatic rings. The monoisotopic (exact) mass is 352 g/mol. The van der Waals surface area contributed by atoms with Crippen molar-refractivity contribution in [3.63, 3.8) is 0 Å². The van der Waals surface area contributed by atoms with E-state index < -0.39 is 0 Å². The first-order chi connectivity index (χ1) is 12.1. The zero-order valence-electron chi connectivity index (χ0n) is 14.5. The molecular weight excluding hydrogens is 332 g/mol. The van der Waals surface area contributed by atoms with Crippen molar-refractivity contribution in [2.75, 3.05) is 11.6 Å². The van der Waals surface area contributed by atoms with E-state index in [4.69, 9.17) is 4.98 Å². The fourth-order valence-electron chi connectivity index (χ4n) is 3.13. The molecule has 5 nitrogen and oxygen atoms in total. The molecule has 1 amide bonds. The van der Waals surface area contributed by atoms with E-state index in [1.807, 2.05) is 50.6 Å². The zero-order valence-corrected chi connectivity index (χ0v) is 15.4. The molecule has 0 atom stereocenters. The second-order valence-corrected chi connectivity index (χ2v) is 7.34. The van der Waals surface area contributed by atoms with E-state index in [0.29, 0.717) is 11.5 Å². The summed E-state index contributed by atoms with van der Waals surface area (Å²) in [5.74, 6) is 0.370. The SMILES string of the molecule is CSc1cccc(NC(=O)c2cc(C3CC3)nc3c2c(C)nn3C)c1. The van der Waals surface area contributed by atoms with E-state index >= 15 is 0 Å². The Morgan fingerprint density at radius 3 is 2.84 bits per heavy atom. The van der Waals surface area contributed by atoms with Gasteiger partial charge in [0, 0.05) is 29.2 Å². The molecule has 2 aromatic heterocycles. The quantitative estimate of drug-likeness (QED) is 0.717. The van der Waals surface area contributed by atoms with E-state index in [-0.39, 0.29) is 5.91 Å². The first-order valence-corrected chi connectivity index (χ1v) is 9.59. The lowest BCUT2D eigenvalue weighted by Crippen LogP contribution is -2.13. The molecule has 25 heavy (non-hydrogen) atoms. The molecule has 0 radical (unpaired) electrons. The number of hydrogen-bond donors (Lipinski definition) is 1. The summed E-state index contributed by atoms with van der Waals surface area (Å²) in [5.41, 5.74) is 4.07. The molecule has 1 aliphatic carbocycles. The van der Waals surface area contributed by atoms with Crippen molar-refractivity contribution in [3.8, 4) is 0 Å². The average molecular weight is 352 g/mol. The van der Waals surface area contributed by atoms with Crippen LogP contribution in [0.3, 0.4) is 0 Å². The number of rotatable bonds is 4. The van der Waals surface area contributed by atoms with Crippen molar-refractivity contribution in [1.82, 2.24) is 14.8 Å². The third-order valence-corrected chi connectivity index (χ3v) is 5.28. The molecule has 0 unspecified atom stereocenters. The van der Waals surface area contributed by atoms with E-state index in [1.54, 1.807) is 16.4 Å². The van der Waals surface area contributed by atoms with Crippen LogP contribution in [0.2, 0.25) is 0 Å². The van der Waals surface area contributed by atoms with Gasteiger partial charge in [-0.15, -0.1) is 11.8 Å². The zero-order chi connectivity index (χ0) is 17.6. The second kappa shape index (κ2) is 6.19. The van der Waals surface area contributed by atoms with Gasteiger partial charge in [0.1, 0.15) is 0 Å². The van der Waals surface area contributed by atoms with Gasteiger partial charge in [-0.05, 0) is 50.3 Å². The number of fused-ring (bicyclic) bond motifs is 1. The Kier molecular flexibility index (Phi) is 4.00. The second-order valence-electron chi connectivity index (χ2n) is 6.46.